The second kappa shape index (κ2) is 8.52. The Labute approximate surface area is 147 Å². The fraction of sp³-hybridized carbons (Fsp3) is 0.579. The molecule has 0 unspecified atom stereocenters. The molecule has 1 N–H and O–H groups in total. The first kappa shape index (κ1) is 20.5. The van der Waals surface area contributed by atoms with Crippen molar-refractivity contribution in [3.8, 4) is 0 Å². The van der Waals surface area contributed by atoms with Crippen LogP contribution in [0.3, 0.4) is 0 Å². The Balaban J connectivity index is 2.62. The summed E-state index contributed by atoms with van der Waals surface area (Å²) in [4.78, 5) is 1.15. The number of aliphatic hydroxyl groups is 1. The molecule has 0 aliphatic rings. The number of hydrogen-bond acceptors (Lipinski definition) is 3. The predicted octanol–water partition coefficient (Wildman–Crippen LogP) is 5.49. The van der Waals surface area contributed by atoms with Gasteiger partial charge < -0.3 is 9.53 Å². The number of benzene rings is 1. The van der Waals surface area contributed by atoms with E-state index in [1.165, 1.54) is 0 Å². The minimum absolute atomic E-state index is 0.0251. The molecule has 0 aliphatic carbocycles. The van der Waals surface area contributed by atoms with E-state index in [4.69, 9.17) is 4.43 Å². The highest BCUT2D eigenvalue weighted by molar-refractivity contribution is 8.00. The highest BCUT2D eigenvalue weighted by Crippen LogP contribution is 2.38. The van der Waals surface area contributed by atoms with E-state index >= 15 is 0 Å². The fourth-order valence-corrected chi connectivity index (χ4v) is 4.59. The van der Waals surface area contributed by atoms with E-state index in [0.29, 0.717) is 6.42 Å². The molecule has 0 heterocycles. The smallest absolute Gasteiger partial charge is 0.192 e. The zero-order valence-electron chi connectivity index (χ0n) is 15.4. The molecular weight excluding hydrogens is 320 g/mol. The van der Waals surface area contributed by atoms with Crippen molar-refractivity contribution in [2.75, 3.05) is 0 Å². The van der Waals surface area contributed by atoms with E-state index in [2.05, 4.69) is 59.5 Å². The summed E-state index contributed by atoms with van der Waals surface area (Å²) < 4.78 is 6.35. The van der Waals surface area contributed by atoms with Crippen LogP contribution in [0.2, 0.25) is 18.1 Å². The van der Waals surface area contributed by atoms with Gasteiger partial charge >= 0.3 is 0 Å². The van der Waals surface area contributed by atoms with Crippen molar-refractivity contribution >= 4 is 20.1 Å². The van der Waals surface area contributed by atoms with Gasteiger partial charge in [0.25, 0.3) is 0 Å². The van der Waals surface area contributed by atoms with Crippen molar-refractivity contribution in [1.29, 1.82) is 0 Å². The lowest BCUT2D eigenvalue weighted by atomic mass is 10.1. The molecule has 0 radical (unpaired) electrons. The van der Waals surface area contributed by atoms with Gasteiger partial charge in [-0.25, -0.2) is 0 Å². The normalized spacial score (nSPS) is 16.7. The van der Waals surface area contributed by atoms with E-state index in [1.54, 1.807) is 11.8 Å². The van der Waals surface area contributed by atoms with Crippen LogP contribution in [0.1, 0.15) is 34.1 Å². The highest BCUT2D eigenvalue weighted by atomic mass is 32.2. The maximum absolute atomic E-state index is 10.6. The van der Waals surface area contributed by atoms with Crippen LogP contribution in [-0.2, 0) is 4.43 Å². The SMILES string of the molecule is C=C[C@@H](Sc1ccccc1)[C@@H](O)C[C@@H](C)O[Si](C)(C)C(C)(C)C. The third-order valence-corrected chi connectivity index (χ3v) is 10.4. The minimum Gasteiger partial charge on any atom is -0.414 e. The van der Waals surface area contributed by atoms with Crippen molar-refractivity contribution in [2.24, 2.45) is 0 Å². The summed E-state index contributed by atoms with van der Waals surface area (Å²) in [5.74, 6) is 0. The van der Waals surface area contributed by atoms with Crippen LogP contribution in [0.25, 0.3) is 0 Å². The Morgan fingerprint density at radius 2 is 1.83 bits per heavy atom. The Hall–Kier alpha value is -0.553. The first-order valence-electron chi connectivity index (χ1n) is 8.27. The fourth-order valence-electron chi connectivity index (χ4n) is 2.14. The van der Waals surface area contributed by atoms with E-state index in [0.717, 1.165) is 4.90 Å². The van der Waals surface area contributed by atoms with Gasteiger partial charge in [0, 0.05) is 11.0 Å². The maximum Gasteiger partial charge on any atom is 0.192 e. The van der Waals surface area contributed by atoms with Crippen LogP contribution in [-0.4, -0.2) is 30.9 Å². The molecule has 23 heavy (non-hydrogen) atoms. The van der Waals surface area contributed by atoms with Gasteiger partial charge in [-0.1, -0.05) is 45.0 Å². The third kappa shape index (κ3) is 6.46. The molecule has 130 valence electrons. The molecule has 0 saturated heterocycles. The Morgan fingerprint density at radius 3 is 2.30 bits per heavy atom. The monoisotopic (exact) mass is 352 g/mol. The molecule has 1 aromatic rings. The van der Waals surface area contributed by atoms with Crippen LogP contribution < -0.4 is 0 Å². The van der Waals surface area contributed by atoms with Crippen LogP contribution in [0.5, 0.6) is 0 Å². The molecule has 0 aliphatic heterocycles. The molecule has 4 heteroatoms. The van der Waals surface area contributed by atoms with E-state index in [-0.39, 0.29) is 16.4 Å². The van der Waals surface area contributed by atoms with Gasteiger partial charge in [0.2, 0.25) is 0 Å². The van der Waals surface area contributed by atoms with Gasteiger partial charge in [0.1, 0.15) is 0 Å². The van der Waals surface area contributed by atoms with E-state index < -0.39 is 14.4 Å². The zero-order valence-corrected chi connectivity index (χ0v) is 17.2. The number of hydrogen-bond donors (Lipinski definition) is 1. The van der Waals surface area contributed by atoms with E-state index in [9.17, 15) is 5.11 Å². The summed E-state index contributed by atoms with van der Waals surface area (Å²) in [5, 5.41) is 10.7. The summed E-state index contributed by atoms with van der Waals surface area (Å²) >= 11 is 1.65. The van der Waals surface area contributed by atoms with E-state index in [1.807, 2.05) is 24.3 Å². The summed E-state index contributed by atoms with van der Waals surface area (Å²) in [6.07, 6.45) is 2.05. The van der Waals surface area contributed by atoms with Gasteiger partial charge in [-0.15, -0.1) is 18.3 Å². The minimum atomic E-state index is -1.80. The maximum atomic E-state index is 10.6. The summed E-state index contributed by atoms with van der Waals surface area (Å²) in [7, 11) is -1.80. The van der Waals surface area contributed by atoms with Crippen molar-refractivity contribution in [3.63, 3.8) is 0 Å². The molecule has 3 atom stereocenters. The zero-order chi connectivity index (χ0) is 17.7. The summed E-state index contributed by atoms with van der Waals surface area (Å²) in [6.45, 7) is 17.2. The summed E-state index contributed by atoms with van der Waals surface area (Å²) in [5.41, 5.74) is 0. The Bertz CT molecular complexity index is 482. The molecule has 0 fully saturated rings. The first-order valence-corrected chi connectivity index (χ1v) is 12.1. The molecule has 0 spiro atoms. The molecule has 1 rings (SSSR count). The Morgan fingerprint density at radius 1 is 1.26 bits per heavy atom. The van der Waals surface area contributed by atoms with Gasteiger partial charge in [-0.3, -0.25) is 0 Å². The molecule has 0 bridgehead atoms. The van der Waals surface area contributed by atoms with Crippen molar-refractivity contribution < 1.29 is 9.53 Å². The number of aliphatic hydroxyl groups excluding tert-OH is 1. The third-order valence-electron chi connectivity index (χ3n) is 4.50. The Kier molecular flexibility index (Phi) is 7.59. The van der Waals surface area contributed by atoms with Crippen molar-refractivity contribution in [1.82, 2.24) is 0 Å². The number of rotatable bonds is 8. The van der Waals surface area contributed by atoms with Crippen molar-refractivity contribution in [3.05, 3.63) is 43.0 Å². The topological polar surface area (TPSA) is 29.5 Å². The lowest BCUT2D eigenvalue weighted by Gasteiger charge is -2.39. The molecule has 1 aromatic carbocycles. The standard InChI is InChI=1S/C19H32O2SSi/c1-8-18(22-16-12-10-9-11-13-16)17(20)14-15(2)21-23(6,7)19(3,4)5/h8-13,15,17-18,20H,1,14H2,2-7H3/t15-,17+,18-/m1/s1. The molecule has 0 aromatic heterocycles. The van der Waals surface area contributed by atoms with Crippen LogP contribution in [0, 0.1) is 0 Å². The first-order chi connectivity index (χ1) is 10.6. The van der Waals surface area contributed by atoms with Crippen LogP contribution in [0.4, 0.5) is 0 Å². The van der Waals surface area contributed by atoms with Gasteiger partial charge in [-0.2, -0.15) is 0 Å². The van der Waals surface area contributed by atoms with Gasteiger partial charge in [-0.05, 0) is 43.6 Å². The second-order valence-corrected chi connectivity index (χ2v) is 13.6. The quantitative estimate of drug-likeness (QED) is 0.381. The second-order valence-electron chi connectivity index (χ2n) is 7.62. The summed E-state index contributed by atoms with van der Waals surface area (Å²) in [6, 6.07) is 10.1. The van der Waals surface area contributed by atoms with Crippen LogP contribution in [0.15, 0.2) is 47.9 Å². The lowest BCUT2D eigenvalue weighted by Crippen LogP contribution is -2.44. The van der Waals surface area contributed by atoms with Gasteiger partial charge in [0.05, 0.1) is 11.4 Å². The largest absolute Gasteiger partial charge is 0.414 e. The predicted molar refractivity (Wildman–Crippen MR) is 105 cm³/mol. The molecule has 0 saturated carbocycles. The van der Waals surface area contributed by atoms with Gasteiger partial charge in [0.15, 0.2) is 8.32 Å². The average Bonchev–Trinajstić information content (AvgIpc) is 2.43. The molecular formula is C19H32O2SSi. The average molecular weight is 353 g/mol. The number of thioether (sulfide) groups is 1. The lowest BCUT2D eigenvalue weighted by molar-refractivity contribution is 0.100. The molecule has 2 nitrogen and oxygen atoms in total. The highest BCUT2D eigenvalue weighted by Gasteiger charge is 2.38. The van der Waals surface area contributed by atoms with Crippen molar-refractivity contribution in [2.45, 2.75) is 74.6 Å². The molecule has 0 amide bonds. The van der Waals surface area contributed by atoms with Crippen LogP contribution >= 0.6 is 11.8 Å².